The number of allylic oxidation sites excluding steroid dienone is 3. The molecule has 0 unspecified atom stereocenters. The lowest BCUT2D eigenvalue weighted by molar-refractivity contribution is 0.415. The van der Waals surface area contributed by atoms with Crippen LogP contribution >= 0.6 is 0 Å². The molecule has 0 radical (unpaired) electrons. The van der Waals surface area contributed by atoms with Gasteiger partial charge in [0.2, 0.25) is 0 Å². The standard InChI is InChI=1S/C19H28N2.C4H8/c1-4-9-19-18(15-20-3)14-16(2)21(19)13-8-12-17-10-6-5-7-11-17;1-3-4-2/h5-7,10-11,20H,2,4,8-9,12-15H2,1,3H3;3H,1,4H2,2H3. The Hall–Kier alpha value is -1.80. The average Bonchev–Trinajstić information content (AvgIpc) is 2.92. The van der Waals surface area contributed by atoms with Crippen molar-refractivity contribution in [3.8, 4) is 0 Å². The van der Waals surface area contributed by atoms with Crippen molar-refractivity contribution in [3.05, 3.63) is 72.1 Å². The van der Waals surface area contributed by atoms with Crippen molar-refractivity contribution in [1.29, 1.82) is 0 Å². The van der Waals surface area contributed by atoms with Crippen molar-refractivity contribution in [3.63, 3.8) is 0 Å². The summed E-state index contributed by atoms with van der Waals surface area (Å²) in [6, 6.07) is 10.8. The largest absolute Gasteiger partial charge is 0.349 e. The van der Waals surface area contributed by atoms with E-state index in [-0.39, 0.29) is 0 Å². The third-order valence-corrected chi connectivity index (χ3v) is 4.39. The molecule has 2 rings (SSSR count). The zero-order valence-electron chi connectivity index (χ0n) is 16.5. The summed E-state index contributed by atoms with van der Waals surface area (Å²) < 4.78 is 0. The summed E-state index contributed by atoms with van der Waals surface area (Å²) >= 11 is 0. The summed E-state index contributed by atoms with van der Waals surface area (Å²) in [5.41, 5.74) is 5.75. The summed E-state index contributed by atoms with van der Waals surface area (Å²) in [6.07, 6.45) is 8.70. The Bertz CT molecular complexity index is 542. The minimum absolute atomic E-state index is 0.990. The van der Waals surface area contributed by atoms with Crippen LogP contribution in [0.4, 0.5) is 0 Å². The second kappa shape index (κ2) is 12.5. The number of aryl methyl sites for hydroxylation is 1. The normalized spacial score (nSPS) is 13.7. The number of benzene rings is 1. The molecule has 0 aromatic heterocycles. The van der Waals surface area contributed by atoms with Gasteiger partial charge in [0.05, 0.1) is 0 Å². The third-order valence-electron chi connectivity index (χ3n) is 4.39. The van der Waals surface area contributed by atoms with Crippen LogP contribution in [0, 0.1) is 0 Å². The Morgan fingerprint density at radius 3 is 2.40 bits per heavy atom. The molecular formula is C23H36N2. The van der Waals surface area contributed by atoms with Gasteiger partial charge in [0.15, 0.2) is 0 Å². The minimum Gasteiger partial charge on any atom is -0.349 e. The molecule has 0 saturated carbocycles. The molecule has 1 heterocycles. The summed E-state index contributed by atoms with van der Waals surface area (Å²) in [5, 5.41) is 3.30. The van der Waals surface area contributed by atoms with Crippen molar-refractivity contribution in [1.82, 2.24) is 10.2 Å². The third kappa shape index (κ3) is 7.31. The molecule has 0 bridgehead atoms. The van der Waals surface area contributed by atoms with Gasteiger partial charge in [0, 0.05) is 30.9 Å². The predicted octanol–water partition coefficient (Wildman–Crippen LogP) is 5.69. The van der Waals surface area contributed by atoms with Crippen LogP contribution in [-0.2, 0) is 6.42 Å². The zero-order chi connectivity index (χ0) is 18.5. The van der Waals surface area contributed by atoms with Crippen molar-refractivity contribution >= 4 is 0 Å². The van der Waals surface area contributed by atoms with Gasteiger partial charge < -0.3 is 10.2 Å². The molecule has 0 amide bonds. The summed E-state index contributed by atoms with van der Waals surface area (Å²) in [7, 11) is 2.03. The molecule has 1 N–H and O–H groups in total. The minimum atomic E-state index is 0.990. The average molecular weight is 341 g/mol. The Morgan fingerprint density at radius 1 is 1.16 bits per heavy atom. The fourth-order valence-corrected chi connectivity index (χ4v) is 3.13. The van der Waals surface area contributed by atoms with E-state index in [9.17, 15) is 0 Å². The highest BCUT2D eigenvalue weighted by molar-refractivity contribution is 5.31. The topological polar surface area (TPSA) is 15.3 Å². The molecule has 1 aliphatic heterocycles. The van der Waals surface area contributed by atoms with Crippen molar-refractivity contribution in [2.24, 2.45) is 0 Å². The van der Waals surface area contributed by atoms with Crippen LogP contribution < -0.4 is 5.32 Å². The molecule has 0 atom stereocenters. The van der Waals surface area contributed by atoms with Crippen LogP contribution in [0.2, 0.25) is 0 Å². The van der Waals surface area contributed by atoms with E-state index in [1.807, 2.05) is 13.1 Å². The van der Waals surface area contributed by atoms with E-state index in [0.717, 1.165) is 32.4 Å². The number of hydrogen-bond donors (Lipinski definition) is 1. The van der Waals surface area contributed by atoms with Crippen LogP contribution in [0.3, 0.4) is 0 Å². The lowest BCUT2D eigenvalue weighted by atomic mass is 10.1. The lowest BCUT2D eigenvalue weighted by Crippen LogP contribution is -2.20. The molecule has 25 heavy (non-hydrogen) atoms. The smallest absolute Gasteiger partial charge is 0.0227 e. The first-order chi connectivity index (χ1) is 12.2. The summed E-state index contributed by atoms with van der Waals surface area (Å²) in [4.78, 5) is 2.47. The second-order valence-corrected chi connectivity index (χ2v) is 6.51. The van der Waals surface area contributed by atoms with E-state index < -0.39 is 0 Å². The summed E-state index contributed by atoms with van der Waals surface area (Å²) in [6.45, 7) is 14.2. The van der Waals surface area contributed by atoms with Crippen molar-refractivity contribution < 1.29 is 0 Å². The number of hydrogen-bond acceptors (Lipinski definition) is 2. The van der Waals surface area contributed by atoms with E-state index in [0.29, 0.717) is 0 Å². The van der Waals surface area contributed by atoms with E-state index >= 15 is 0 Å². The van der Waals surface area contributed by atoms with E-state index in [2.05, 4.69) is 67.6 Å². The van der Waals surface area contributed by atoms with Gasteiger partial charge in [0.25, 0.3) is 0 Å². The highest BCUT2D eigenvalue weighted by Gasteiger charge is 2.23. The van der Waals surface area contributed by atoms with Crippen LogP contribution in [-0.4, -0.2) is 25.0 Å². The van der Waals surface area contributed by atoms with Gasteiger partial charge in [-0.3, -0.25) is 0 Å². The molecule has 0 saturated heterocycles. The SMILES string of the molecule is C=C1CC(CNC)=C(CCC)N1CCCc1ccccc1.C=CCC. The van der Waals surface area contributed by atoms with Crippen LogP contribution in [0.1, 0.15) is 51.5 Å². The quantitative estimate of drug-likeness (QED) is 0.581. The van der Waals surface area contributed by atoms with Gasteiger partial charge >= 0.3 is 0 Å². The highest BCUT2D eigenvalue weighted by atomic mass is 15.2. The number of nitrogens with zero attached hydrogens (tertiary/aromatic N) is 1. The van der Waals surface area contributed by atoms with Crippen LogP contribution in [0.5, 0.6) is 0 Å². The summed E-state index contributed by atoms with van der Waals surface area (Å²) in [5.74, 6) is 0. The van der Waals surface area contributed by atoms with Crippen molar-refractivity contribution in [2.75, 3.05) is 20.1 Å². The van der Waals surface area contributed by atoms with Crippen LogP contribution in [0.25, 0.3) is 0 Å². The Balaban J connectivity index is 0.000000705. The van der Waals surface area contributed by atoms with Crippen LogP contribution in [0.15, 0.2) is 66.5 Å². The molecule has 138 valence electrons. The molecule has 2 heteroatoms. The molecule has 1 aliphatic rings. The van der Waals surface area contributed by atoms with Gasteiger partial charge in [0.1, 0.15) is 0 Å². The Kier molecular flexibility index (Phi) is 10.7. The second-order valence-electron chi connectivity index (χ2n) is 6.51. The van der Waals surface area contributed by atoms with E-state index in [4.69, 9.17) is 0 Å². The molecule has 1 aromatic carbocycles. The van der Waals surface area contributed by atoms with Gasteiger partial charge in [-0.25, -0.2) is 0 Å². The van der Waals surface area contributed by atoms with Gasteiger partial charge in [-0.2, -0.15) is 0 Å². The van der Waals surface area contributed by atoms with E-state index in [1.54, 1.807) is 0 Å². The first-order valence-corrected chi connectivity index (χ1v) is 9.63. The van der Waals surface area contributed by atoms with Gasteiger partial charge in [-0.15, -0.1) is 6.58 Å². The maximum Gasteiger partial charge on any atom is 0.0227 e. The maximum absolute atomic E-state index is 4.28. The first kappa shape index (κ1) is 21.2. The Labute approximate surface area is 155 Å². The molecular weight excluding hydrogens is 304 g/mol. The van der Waals surface area contributed by atoms with Gasteiger partial charge in [-0.05, 0) is 43.9 Å². The fraction of sp³-hybridized carbons (Fsp3) is 0.478. The molecule has 1 aromatic rings. The monoisotopic (exact) mass is 340 g/mol. The Morgan fingerprint density at radius 2 is 1.84 bits per heavy atom. The molecule has 2 nitrogen and oxygen atoms in total. The number of nitrogens with one attached hydrogen (secondary N) is 1. The number of likely N-dealkylation sites (N-methyl/N-ethyl adjacent to an activating group) is 1. The first-order valence-electron chi connectivity index (χ1n) is 9.63. The molecule has 0 aliphatic carbocycles. The fourth-order valence-electron chi connectivity index (χ4n) is 3.13. The lowest BCUT2D eigenvalue weighted by Gasteiger charge is -2.24. The molecule has 0 spiro atoms. The highest BCUT2D eigenvalue weighted by Crippen LogP contribution is 2.33. The predicted molar refractivity (Wildman–Crippen MR) is 112 cm³/mol. The molecule has 0 fully saturated rings. The van der Waals surface area contributed by atoms with Gasteiger partial charge in [-0.1, -0.05) is 63.3 Å². The number of rotatable bonds is 9. The maximum atomic E-state index is 4.28. The zero-order valence-corrected chi connectivity index (χ0v) is 16.5. The van der Waals surface area contributed by atoms with Crippen molar-refractivity contribution in [2.45, 2.75) is 52.4 Å². The van der Waals surface area contributed by atoms with E-state index in [1.165, 1.54) is 41.8 Å².